The van der Waals surface area contributed by atoms with E-state index in [1.165, 1.54) is 19.3 Å². The van der Waals surface area contributed by atoms with Gasteiger partial charge in [0.25, 0.3) is 5.91 Å². The molecule has 0 unspecified atom stereocenters. The Morgan fingerprint density at radius 1 is 1.32 bits per heavy atom. The van der Waals surface area contributed by atoms with Crippen molar-refractivity contribution >= 4 is 17.5 Å². The van der Waals surface area contributed by atoms with Gasteiger partial charge in [-0.05, 0) is 31.6 Å². The molecule has 1 saturated carbocycles. The van der Waals surface area contributed by atoms with Crippen molar-refractivity contribution < 1.29 is 9.59 Å². The van der Waals surface area contributed by atoms with Gasteiger partial charge in [-0.1, -0.05) is 13.3 Å². The van der Waals surface area contributed by atoms with Crippen LogP contribution in [-0.4, -0.2) is 35.5 Å². The summed E-state index contributed by atoms with van der Waals surface area (Å²) in [6.45, 7) is 2.24. The van der Waals surface area contributed by atoms with E-state index >= 15 is 0 Å². The standard InChI is InChI=1S/C14H23N3O2/c1-3-10-4-6-11(7-5-10)17(2)14(19)12-8-9-13(18)16-15-12/h10-11H,3-9H2,1-2H3,(H,16,18). The zero-order valence-electron chi connectivity index (χ0n) is 11.8. The molecule has 1 N–H and O–H groups in total. The van der Waals surface area contributed by atoms with E-state index in [1.54, 1.807) is 0 Å². The average molecular weight is 265 g/mol. The van der Waals surface area contributed by atoms with Crippen molar-refractivity contribution in [2.75, 3.05) is 7.05 Å². The van der Waals surface area contributed by atoms with E-state index < -0.39 is 0 Å². The van der Waals surface area contributed by atoms with Crippen LogP contribution in [0.3, 0.4) is 0 Å². The lowest BCUT2D eigenvalue weighted by Crippen LogP contribution is -2.44. The number of hydrogen-bond donors (Lipinski definition) is 1. The first-order valence-corrected chi connectivity index (χ1v) is 7.24. The lowest BCUT2D eigenvalue weighted by Gasteiger charge is -2.34. The van der Waals surface area contributed by atoms with Crippen LogP contribution in [0.4, 0.5) is 0 Å². The highest BCUT2D eigenvalue weighted by atomic mass is 16.2. The Bertz CT molecular complexity index is 384. The van der Waals surface area contributed by atoms with Crippen LogP contribution in [0.15, 0.2) is 5.10 Å². The first kappa shape index (κ1) is 14.0. The predicted molar refractivity (Wildman–Crippen MR) is 73.6 cm³/mol. The Labute approximate surface area is 114 Å². The number of carbonyl (C=O) groups excluding carboxylic acids is 2. The van der Waals surface area contributed by atoms with Crippen LogP contribution in [0, 0.1) is 5.92 Å². The van der Waals surface area contributed by atoms with E-state index in [9.17, 15) is 9.59 Å². The first-order chi connectivity index (χ1) is 9.11. The summed E-state index contributed by atoms with van der Waals surface area (Å²) in [6, 6.07) is 0.329. The van der Waals surface area contributed by atoms with Crippen molar-refractivity contribution in [2.24, 2.45) is 11.0 Å². The average Bonchev–Trinajstić information content (AvgIpc) is 2.46. The molecule has 2 rings (SSSR count). The molecule has 0 spiro atoms. The maximum Gasteiger partial charge on any atom is 0.270 e. The minimum absolute atomic E-state index is 0.0278. The molecule has 5 nitrogen and oxygen atoms in total. The Hall–Kier alpha value is -1.39. The van der Waals surface area contributed by atoms with Gasteiger partial charge in [0, 0.05) is 25.9 Å². The summed E-state index contributed by atoms with van der Waals surface area (Å²) >= 11 is 0. The third-order valence-electron chi connectivity index (χ3n) is 4.41. The van der Waals surface area contributed by atoms with Crippen molar-refractivity contribution in [1.82, 2.24) is 10.3 Å². The fourth-order valence-electron chi connectivity index (χ4n) is 2.94. The van der Waals surface area contributed by atoms with E-state index in [-0.39, 0.29) is 11.8 Å². The summed E-state index contributed by atoms with van der Waals surface area (Å²) in [4.78, 5) is 25.1. The molecule has 106 valence electrons. The van der Waals surface area contributed by atoms with E-state index in [2.05, 4.69) is 17.5 Å². The van der Waals surface area contributed by atoms with Crippen LogP contribution in [0.5, 0.6) is 0 Å². The van der Waals surface area contributed by atoms with Gasteiger partial charge in [0.05, 0.1) is 0 Å². The summed E-state index contributed by atoms with van der Waals surface area (Å²) in [5.74, 6) is 0.689. The molecule has 1 heterocycles. The molecule has 0 saturated heterocycles. The van der Waals surface area contributed by atoms with E-state index in [1.807, 2.05) is 11.9 Å². The number of nitrogens with zero attached hydrogens (tertiary/aromatic N) is 2. The zero-order chi connectivity index (χ0) is 13.8. The summed E-state index contributed by atoms with van der Waals surface area (Å²) in [5.41, 5.74) is 2.87. The van der Waals surface area contributed by atoms with Crippen LogP contribution in [0.25, 0.3) is 0 Å². The predicted octanol–water partition coefficient (Wildman–Crippen LogP) is 1.68. The topological polar surface area (TPSA) is 61.8 Å². The quantitative estimate of drug-likeness (QED) is 0.844. The number of carbonyl (C=O) groups is 2. The van der Waals surface area contributed by atoms with Crippen LogP contribution < -0.4 is 5.43 Å². The van der Waals surface area contributed by atoms with Crippen LogP contribution >= 0.6 is 0 Å². The summed E-state index contributed by atoms with van der Waals surface area (Å²) in [6.07, 6.45) is 6.65. The third kappa shape index (κ3) is 3.33. The molecular formula is C14H23N3O2. The van der Waals surface area contributed by atoms with Crippen LogP contribution in [0.1, 0.15) is 51.9 Å². The van der Waals surface area contributed by atoms with Crippen LogP contribution in [0.2, 0.25) is 0 Å². The van der Waals surface area contributed by atoms with Crippen molar-refractivity contribution in [3.63, 3.8) is 0 Å². The molecular weight excluding hydrogens is 242 g/mol. The van der Waals surface area contributed by atoms with E-state index in [0.717, 1.165) is 18.8 Å². The number of rotatable bonds is 3. The second kappa shape index (κ2) is 6.17. The molecule has 5 heteroatoms. The van der Waals surface area contributed by atoms with Crippen molar-refractivity contribution in [2.45, 2.75) is 57.9 Å². The zero-order valence-corrected chi connectivity index (χ0v) is 11.8. The van der Waals surface area contributed by atoms with Gasteiger partial charge in [-0.2, -0.15) is 5.10 Å². The molecule has 0 aromatic heterocycles. The monoisotopic (exact) mass is 265 g/mol. The van der Waals surface area contributed by atoms with Gasteiger partial charge in [0.15, 0.2) is 0 Å². The third-order valence-corrected chi connectivity index (χ3v) is 4.41. The molecule has 0 aromatic rings. The highest BCUT2D eigenvalue weighted by molar-refractivity contribution is 6.39. The van der Waals surface area contributed by atoms with Gasteiger partial charge in [0.2, 0.25) is 5.91 Å². The van der Waals surface area contributed by atoms with Gasteiger partial charge in [-0.3, -0.25) is 9.59 Å². The maximum atomic E-state index is 12.3. The summed E-state index contributed by atoms with van der Waals surface area (Å²) in [7, 11) is 1.86. The molecule has 1 fully saturated rings. The number of amides is 2. The van der Waals surface area contributed by atoms with Gasteiger partial charge >= 0.3 is 0 Å². The number of hydrazone groups is 1. The molecule has 2 amide bonds. The fraction of sp³-hybridized carbons (Fsp3) is 0.786. The second-order valence-electron chi connectivity index (χ2n) is 5.59. The molecule has 19 heavy (non-hydrogen) atoms. The van der Waals surface area contributed by atoms with E-state index in [0.29, 0.717) is 24.6 Å². The SMILES string of the molecule is CCC1CCC(N(C)C(=O)C2=NNC(=O)CC2)CC1. The highest BCUT2D eigenvalue weighted by Gasteiger charge is 2.29. The minimum atomic E-state index is -0.109. The molecule has 2 aliphatic rings. The van der Waals surface area contributed by atoms with Gasteiger partial charge in [-0.15, -0.1) is 0 Å². The van der Waals surface area contributed by atoms with Gasteiger partial charge < -0.3 is 4.90 Å². The lowest BCUT2D eigenvalue weighted by atomic mass is 9.84. The largest absolute Gasteiger partial charge is 0.338 e. The fourth-order valence-corrected chi connectivity index (χ4v) is 2.94. The number of nitrogens with one attached hydrogen (secondary N) is 1. The summed E-state index contributed by atoms with van der Waals surface area (Å²) < 4.78 is 0. The normalized spacial score (nSPS) is 27.5. The van der Waals surface area contributed by atoms with Gasteiger partial charge in [-0.25, -0.2) is 5.43 Å². The van der Waals surface area contributed by atoms with Crippen molar-refractivity contribution in [3.8, 4) is 0 Å². The Kier molecular flexibility index (Phi) is 4.56. The molecule has 1 aliphatic heterocycles. The Balaban J connectivity index is 1.91. The summed E-state index contributed by atoms with van der Waals surface area (Å²) in [5, 5.41) is 3.88. The van der Waals surface area contributed by atoms with Gasteiger partial charge in [0.1, 0.15) is 5.71 Å². The van der Waals surface area contributed by atoms with Crippen molar-refractivity contribution in [1.29, 1.82) is 0 Å². The molecule has 0 bridgehead atoms. The van der Waals surface area contributed by atoms with Crippen LogP contribution in [-0.2, 0) is 9.59 Å². The lowest BCUT2D eigenvalue weighted by molar-refractivity contribution is -0.126. The highest BCUT2D eigenvalue weighted by Crippen LogP contribution is 2.29. The maximum absolute atomic E-state index is 12.3. The minimum Gasteiger partial charge on any atom is -0.338 e. The van der Waals surface area contributed by atoms with Crippen molar-refractivity contribution in [3.05, 3.63) is 0 Å². The molecule has 0 aromatic carbocycles. The Morgan fingerprint density at radius 2 is 2.00 bits per heavy atom. The number of hydrogen-bond acceptors (Lipinski definition) is 3. The first-order valence-electron chi connectivity index (χ1n) is 7.24. The molecule has 1 aliphatic carbocycles. The van der Waals surface area contributed by atoms with E-state index in [4.69, 9.17) is 0 Å². The second-order valence-corrected chi connectivity index (χ2v) is 5.59. The Morgan fingerprint density at radius 3 is 2.53 bits per heavy atom. The smallest absolute Gasteiger partial charge is 0.270 e. The molecule has 0 atom stereocenters. The molecule has 0 radical (unpaired) electrons.